The van der Waals surface area contributed by atoms with E-state index in [1.807, 2.05) is 6.21 Å². The summed E-state index contributed by atoms with van der Waals surface area (Å²) >= 11 is 7.97. The first-order valence-corrected chi connectivity index (χ1v) is 13.3. The summed E-state index contributed by atoms with van der Waals surface area (Å²) in [7, 11) is 0. The molecule has 3 atom stereocenters. The van der Waals surface area contributed by atoms with Gasteiger partial charge in [-0.1, -0.05) is 52.0 Å². The van der Waals surface area contributed by atoms with Crippen LogP contribution in [0.25, 0.3) is 5.57 Å². The quantitative estimate of drug-likeness (QED) is 0.474. The third kappa shape index (κ3) is 5.73. The second-order valence-electron chi connectivity index (χ2n) is 10.4. The largest absolute Gasteiger partial charge is 0.357 e. The number of hydrogen-bond donors (Lipinski definition) is 1. The summed E-state index contributed by atoms with van der Waals surface area (Å²) in [5.74, 6) is 1.15. The predicted octanol–water partition coefficient (Wildman–Crippen LogP) is 6.28. The summed E-state index contributed by atoms with van der Waals surface area (Å²) in [6, 6.07) is 0.383. The van der Waals surface area contributed by atoms with E-state index in [0.717, 1.165) is 49.8 Å². The molecule has 32 heavy (non-hydrogen) atoms. The lowest BCUT2D eigenvalue weighted by Gasteiger charge is -2.46. The third-order valence-corrected chi connectivity index (χ3v) is 8.17. The van der Waals surface area contributed by atoms with Crippen molar-refractivity contribution in [3.63, 3.8) is 0 Å². The molecule has 0 aromatic carbocycles. The van der Waals surface area contributed by atoms with E-state index in [0.29, 0.717) is 17.9 Å². The number of likely N-dealkylation sites (tertiary alicyclic amines) is 1. The number of nitrogens with zero attached hydrogens (tertiary/aromatic N) is 3. The number of alkyl halides is 1. The molecule has 0 radical (unpaired) electrons. The lowest BCUT2D eigenvalue weighted by molar-refractivity contribution is 0.0688. The minimum absolute atomic E-state index is 0.161. The maximum atomic E-state index is 6.25. The summed E-state index contributed by atoms with van der Waals surface area (Å²) in [5.41, 5.74) is 4.13. The second-order valence-corrected chi connectivity index (χ2v) is 11.8. The zero-order chi connectivity index (χ0) is 22.7. The SMILES string of the molecule is CC(C)[C@H](CN1CC[C@H](C2=CCC(Cl)C=C2)C(C)(C)C1)Nc1nc(C2=CCN=CC2)cs1. The molecule has 1 unspecified atom stereocenters. The Morgan fingerprint density at radius 2 is 2.16 bits per heavy atom. The molecule has 4 nitrogen and oxygen atoms in total. The van der Waals surface area contributed by atoms with Crippen molar-refractivity contribution in [1.82, 2.24) is 9.88 Å². The van der Waals surface area contributed by atoms with E-state index in [1.54, 1.807) is 11.3 Å². The number of thiazole rings is 1. The van der Waals surface area contributed by atoms with Crippen LogP contribution in [0, 0.1) is 17.3 Å². The van der Waals surface area contributed by atoms with E-state index in [-0.39, 0.29) is 10.8 Å². The zero-order valence-electron chi connectivity index (χ0n) is 19.9. The molecule has 2 aliphatic heterocycles. The molecule has 1 aliphatic carbocycles. The van der Waals surface area contributed by atoms with Crippen LogP contribution in [0.5, 0.6) is 0 Å². The van der Waals surface area contributed by atoms with Gasteiger partial charge in [-0.25, -0.2) is 4.98 Å². The highest BCUT2D eigenvalue weighted by Gasteiger charge is 2.38. The Hall–Kier alpha value is -1.43. The predicted molar refractivity (Wildman–Crippen MR) is 140 cm³/mol. The summed E-state index contributed by atoms with van der Waals surface area (Å²) < 4.78 is 0. The summed E-state index contributed by atoms with van der Waals surface area (Å²) in [6.45, 7) is 13.6. The van der Waals surface area contributed by atoms with Crippen LogP contribution in [0.1, 0.15) is 52.7 Å². The molecular formula is C26H37ClN4S. The van der Waals surface area contributed by atoms with Crippen LogP contribution >= 0.6 is 22.9 Å². The zero-order valence-corrected chi connectivity index (χ0v) is 21.4. The summed E-state index contributed by atoms with van der Waals surface area (Å²) in [6.07, 6.45) is 14.0. The van der Waals surface area contributed by atoms with Gasteiger partial charge in [0.15, 0.2) is 5.13 Å². The minimum Gasteiger partial charge on any atom is -0.357 e. The van der Waals surface area contributed by atoms with Crippen molar-refractivity contribution < 1.29 is 0 Å². The molecule has 6 heteroatoms. The van der Waals surface area contributed by atoms with E-state index in [2.05, 4.69) is 72.6 Å². The van der Waals surface area contributed by atoms with Crippen molar-refractivity contribution in [2.45, 2.75) is 58.4 Å². The molecule has 1 saturated heterocycles. The first-order valence-electron chi connectivity index (χ1n) is 12.0. The lowest BCUT2D eigenvalue weighted by atomic mass is 9.69. The molecule has 0 spiro atoms. The van der Waals surface area contributed by atoms with Gasteiger partial charge in [-0.05, 0) is 47.8 Å². The number of anilines is 1. The Labute approximate surface area is 202 Å². The first kappa shape index (κ1) is 23.7. The van der Waals surface area contributed by atoms with Gasteiger partial charge in [-0.2, -0.15) is 0 Å². The van der Waals surface area contributed by atoms with E-state index >= 15 is 0 Å². The summed E-state index contributed by atoms with van der Waals surface area (Å²) in [4.78, 5) is 11.8. The Balaban J connectivity index is 1.37. The Morgan fingerprint density at radius 1 is 1.31 bits per heavy atom. The van der Waals surface area contributed by atoms with E-state index in [1.165, 1.54) is 17.6 Å². The normalized spacial score (nSPS) is 26.7. The fourth-order valence-electron chi connectivity index (χ4n) is 5.15. The van der Waals surface area contributed by atoms with E-state index in [4.69, 9.17) is 16.6 Å². The van der Waals surface area contributed by atoms with Crippen molar-refractivity contribution >= 4 is 39.9 Å². The molecule has 0 amide bonds. The van der Waals surface area contributed by atoms with Gasteiger partial charge < -0.3 is 10.2 Å². The van der Waals surface area contributed by atoms with Gasteiger partial charge in [-0.3, -0.25) is 4.99 Å². The molecule has 174 valence electrons. The van der Waals surface area contributed by atoms with Gasteiger partial charge >= 0.3 is 0 Å². The number of hydrogen-bond acceptors (Lipinski definition) is 5. The van der Waals surface area contributed by atoms with Crippen LogP contribution < -0.4 is 5.32 Å². The molecule has 4 rings (SSSR count). The Bertz CT molecular complexity index is 911. The van der Waals surface area contributed by atoms with Crippen molar-refractivity contribution in [2.75, 3.05) is 31.5 Å². The standard InChI is InChI=1S/C26H37ClN4S/c1-18(2)23(29-25-30-24(16-32-25)20-9-12-28-13-10-20)15-31-14-11-22(26(3,4)17-31)19-5-7-21(27)8-6-19/h5-7,9,13,16,18,21-23H,8,10-12,14-15,17H2,1-4H3,(H,29,30)/t21?,22-,23+/m1/s1. The maximum Gasteiger partial charge on any atom is 0.183 e. The van der Waals surface area contributed by atoms with Crippen LogP contribution in [-0.4, -0.2) is 53.7 Å². The van der Waals surface area contributed by atoms with Gasteiger partial charge in [-0.15, -0.1) is 22.9 Å². The average molecular weight is 473 g/mol. The van der Waals surface area contributed by atoms with Crippen LogP contribution in [0.2, 0.25) is 0 Å². The van der Waals surface area contributed by atoms with Crippen molar-refractivity contribution in [2.24, 2.45) is 22.2 Å². The molecule has 1 fully saturated rings. The molecule has 1 aromatic heterocycles. The fourth-order valence-corrected chi connectivity index (χ4v) is 6.11. The number of piperidine rings is 1. The topological polar surface area (TPSA) is 40.5 Å². The number of nitrogens with one attached hydrogen (secondary N) is 1. The Kier molecular flexibility index (Phi) is 7.58. The highest BCUT2D eigenvalue weighted by atomic mass is 35.5. The molecule has 3 heterocycles. The number of dihydropyridines is 1. The number of rotatable bonds is 7. The fraction of sp³-hybridized carbons (Fsp3) is 0.615. The van der Waals surface area contributed by atoms with Crippen LogP contribution in [0.15, 0.2) is 40.2 Å². The highest BCUT2D eigenvalue weighted by Crippen LogP contribution is 2.41. The lowest BCUT2D eigenvalue weighted by Crippen LogP contribution is -2.50. The Morgan fingerprint density at radius 3 is 2.81 bits per heavy atom. The number of halogens is 1. The minimum atomic E-state index is 0.161. The molecular weight excluding hydrogens is 436 g/mol. The first-order chi connectivity index (χ1) is 15.3. The van der Waals surface area contributed by atoms with Gasteiger partial charge in [0.2, 0.25) is 0 Å². The van der Waals surface area contributed by atoms with Crippen LogP contribution in [0.4, 0.5) is 5.13 Å². The van der Waals surface area contributed by atoms with Crippen molar-refractivity contribution in [1.29, 1.82) is 0 Å². The van der Waals surface area contributed by atoms with Gasteiger partial charge in [0, 0.05) is 37.1 Å². The molecule has 3 aliphatic rings. The molecule has 1 N–H and O–H groups in total. The van der Waals surface area contributed by atoms with Gasteiger partial charge in [0.1, 0.15) is 0 Å². The monoisotopic (exact) mass is 472 g/mol. The van der Waals surface area contributed by atoms with Gasteiger partial charge in [0.25, 0.3) is 0 Å². The molecule has 0 bridgehead atoms. The van der Waals surface area contributed by atoms with E-state index < -0.39 is 0 Å². The second kappa shape index (κ2) is 10.2. The van der Waals surface area contributed by atoms with Crippen molar-refractivity contribution in [3.05, 3.63) is 41.0 Å². The van der Waals surface area contributed by atoms with Crippen LogP contribution in [0.3, 0.4) is 0 Å². The molecule has 0 saturated carbocycles. The van der Waals surface area contributed by atoms with Crippen molar-refractivity contribution in [3.8, 4) is 0 Å². The van der Waals surface area contributed by atoms with Crippen LogP contribution in [-0.2, 0) is 0 Å². The number of aromatic nitrogens is 1. The van der Waals surface area contributed by atoms with Gasteiger partial charge in [0.05, 0.1) is 17.6 Å². The summed E-state index contributed by atoms with van der Waals surface area (Å²) in [5, 5.41) is 7.13. The smallest absolute Gasteiger partial charge is 0.183 e. The average Bonchev–Trinajstić information content (AvgIpc) is 3.23. The maximum absolute atomic E-state index is 6.25. The number of allylic oxidation sites excluding steroid dienone is 5. The van der Waals surface area contributed by atoms with E-state index in [9.17, 15) is 0 Å². The highest BCUT2D eigenvalue weighted by molar-refractivity contribution is 7.13. The third-order valence-electron chi connectivity index (χ3n) is 7.07. The molecule has 1 aromatic rings. The number of aliphatic imine (C=N–C) groups is 1.